The Labute approximate surface area is 83.3 Å². The van der Waals surface area contributed by atoms with Gasteiger partial charge in [0.2, 0.25) is 9.05 Å². The Morgan fingerprint density at radius 1 is 1.58 bits per heavy atom. The number of hydrogen-bond acceptors (Lipinski definition) is 3. The van der Waals surface area contributed by atoms with E-state index in [-0.39, 0.29) is 5.75 Å². The van der Waals surface area contributed by atoms with Crippen LogP contribution in [0.1, 0.15) is 5.76 Å². The van der Waals surface area contributed by atoms with E-state index in [9.17, 15) is 8.42 Å². The Balaban J connectivity index is 2.55. The smallest absolute Gasteiger partial charge is 0.233 e. The summed E-state index contributed by atoms with van der Waals surface area (Å²) in [5.74, 6) is 0.500. The fourth-order valence-corrected chi connectivity index (χ4v) is 1.73. The first-order valence-electron chi connectivity index (χ1n) is 3.12. The van der Waals surface area contributed by atoms with Crippen molar-refractivity contribution in [2.24, 2.45) is 0 Å². The minimum absolute atomic E-state index is 0.103. The second-order valence-electron chi connectivity index (χ2n) is 2.22. The van der Waals surface area contributed by atoms with Gasteiger partial charge in [0.15, 0.2) is 0 Å². The summed E-state index contributed by atoms with van der Waals surface area (Å²) in [6.07, 6.45) is 1.80. The van der Waals surface area contributed by atoms with Crippen LogP contribution in [0.5, 0.6) is 0 Å². The fourth-order valence-electron chi connectivity index (χ4n) is 0.707. The summed E-state index contributed by atoms with van der Waals surface area (Å²) in [5, 5.41) is 0. The van der Waals surface area contributed by atoms with Gasteiger partial charge in [-0.05, 0) is 22.0 Å². The van der Waals surface area contributed by atoms with E-state index in [0.717, 1.165) is 4.47 Å². The number of aryl methyl sites for hydroxylation is 1. The van der Waals surface area contributed by atoms with E-state index in [2.05, 4.69) is 15.9 Å². The molecule has 0 spiro atoms. The van der Waals surface area contributed by atoms with E-state index >= 15 is 0 Å². The average Bonchev–Trinajstić information content (AvgIpc) is 2.30. The Hall–Kier alpha value is -0.000000000000000111. The number of furan rings is 1. The van der Waals surface area contributed by atoms with Crippen molar-refractivity contribution < 1.29 is 12.8 Å². The third-order valence-electron chi connectivity index (χ3n) is 1.21. The van der Waals surface area contributed by atoms with E-state index in [1.165, 1.54) is 6.26 Å². The highest BCUT2D eigenvalue weighted by atomic mass is 79.9. The van der Waals surface area contributed by atoms with Crippen LogP contribution in [0.4, 0.5) is 0 Å². The van der Waals surface area contributed by atoms with E-state index in [1.54, 1.807) is 6.07 Å². The molecule has 0 saturated carbocycles. The maximum atomic E-state index is 10.5. The van der Waals surface area contributed by atoms with Crippen molar-refractivity contribution in [3.05, 3.63) is 22.6 Å². The van der Waals surface area contributed by atoms with Gasteiger partial charge in [-0.2, -0.15) is 0 Å². The van der Waals surface area contributed by atoms with Gasteiger partial charge in [0.1, 0.15) is 12.0 Å². The standard InChI is InChI=1S/C6H6BrClO3S/c7-5-3-6(11-4-5)1-2-12(8,9)10/h3-4H,1-2H2. The molecule has 0 saturated heterocycles. The second-order valence-corrected chi connectivity index (χ2v) is 6.04. The van der Waals surface area contributed by atoms with Crippen molar-refractivity contribution >= 4 is 35.7 Å². The fraction of sp³-hybridized carbons (Fsp3) is 0.333. The minimum atomic E-state index is -3.42. The zero-order valence-electron chi connectivity index (χ0n) is 5.96. The molecule has 3 nitrogen and oxygen atoms in total. The summed E-state index contributed by atoms with van der Waals surface area (Å²) in [6, 6.07) is 1.71. The first kappa shape index (κ1) is 10.1. The van der Waals surface area contributed by atoms with Gasteiger partial charge >= 0.3 is 0 Å². The molecule has 0 N–H and O–H groups in total. The molecule has 0 fully saturated rings. The molecular formula is C6H6BrClO3S. The average molecular weight is 274 g/mol. The molecular weight excluding hydrogens is 267 g/mol. The Morgan fingerprint density at radius 3 is 2.67 bits per heavy atom. The van der Waals surface area contributed by atoms with Crippen LogP contribution in [0, 0.1) is 0 Å². The lowest BCUT2D eigenvalue weighted by Gasteiger charge is -1.91. The molecule has 0 aliphatic heterocycles. The Morgan fingerprint density at radius 2 is 2.25 bits per heavy atom. The normalized spacial score (nSPS) is 11.8. The first-order chi connectivity index (χ1) is 5.47. The van der Waals surface area contributed by atoms with Crippen LogP contribution in [-0.4, -0.2) is 14.2 Å². The van der Waals surface area contributed by atoms with Crippen molar-refractivity contribution in [1.29, 1.82) is 0 Å². The number of hydrogen-bond donors (Lipinski definition) is 0. The lowest BCUT2D eigenvalue weighted by atomic mass is 10.4. The van der Waals surface area contributed by atoms with Gasteiger partial charge in [0.05, 0.1) is 10.2 Å². The van der Waals surface area contributed by atoms with Crippen LogP contribution < -0.4 is 0 Å². The third kappa shape index (κ3) is 3.60. The molecule has 0 amide bonds. The molecule has 1 aromatic rings. The zero-order valence-corrected chi connectivity index (χ0v) is 9.12. The van der Waals surface area contributed by atoms with E-state index < -0.39 is 9.05 Å². The summed E-state index contributed by atoms with van der Waals surface area (Å²) in [4.78, 5) is 0. The second kappa shape index (κ2) is 3.81. The molecule has 6 heteroatoms. The highest BCUT2D eigenvalue weighted by molar-refractivity contribution is 9.10. The van der Waals surface area contributed by atoms with E-state index in [0.29, 0.717) is 12.2 Å². The largest absolute Gasteiger partial charge is 0.468 e. The Kier molecular flexibility index (Phi) is 3.20. The minimum Gasteiger partial charge on any atom is -0.468 e. The van der Waals surface area contributed by atoms with E-state index in [1.807, 2.05) is 0 Å². The Bertz CT molecular complexity index is 357. The lowest BCUT2D eigenvalue weighted by molar-refractivity contribution is 0.513. The van der Waals surface area contributed by atoms with Crippen molar-refractivity contribution in [2.75, 3.05) is 5.75 Å². The molecule has 1 heterocycles. The summed E-state index contributed by atoms with van der Waals surface area (Å²) in [5.41, 5.74) is 0. The van der Waals surface area contributed by atoms with Crippen LogP contribution in [-0.2, 0) is 15.5 Å². The molecule has 0 aliphatic carbocycles. The molecule has 0 unspecified atom stereocenters. The van der Waals surface area contributed by atoms with Gasteiger partial charge in [-0.15, -0.1) is 0 Å². The van der Waals surface area contributed by atoms with Gasteiger partial charge in [-0.1, -0.05) is 0 Å². The maximum Gasteiger partial charge on any atom is 0.233 e. The molecule has 0 radical (unpaired) electrons. The molecule has 12 heavy (non-hydrogen) atoms. The molecule has 0 aromatic carbocycles. The van der Waals surface area contributed by atoms with Crippen LogP contribution in [0.15, 0.2) is 21.2 Å². The van der Waals surface area contributed by atoms with E-state index in [4.69, 9.17) is 15.1 Å². The molecule has 68 valence electrons. The van der Waals surface area contributed by atoms with Crippen LogP contribution >= 0.6 is 26.6 Å². The van der Waals surface area contributed by atoms with Gasteiger partial charge < -0.3 is 4.42 Å². The highest BCUT2D eigenvalue weighted by Gasteiger charge is 2.07. The first-order valence-corrected chi connectivity index (χ1v) is 6.40. The summed E-state index contributed by atoms with van der Waals surface area (Å²) in [6.45, 7) is 0. The third-order valence-corrected chi connectivity index (χ3v) is 2.78. The molecule has 0 bridgehead atoms. The predicted octanol–water partition coefficient (Wildman–Crippen LogP) is 2.15. The SMILES string of the molecule is O=S(=O)(Cl)CCc1cc(Br)co1. The summed E-state index contributed by atoms with van der Waals surface area (Å²) < 4.78 is 26.8. The number of halogens is 2. The van der Waals surface area contributed by atoms with Gasteiger partial charge in [-0.3, -0.25) is 0 Å². The van der Waals surface area contributed by atoms with Crippen molar-refractivity contribution in [3.63, 3.8) is 0 Å². The van der Waals surface area contributed by atoms with Crippen LogP contribution in [0.3, 0.4) is 0 Å². The van der Waals surface area contributed by atoms with Gasteiger partial charge in [0.25, 0.3) is 0 Å². The van der Waals surface area contributed by atoms with Crippen molar-refractivity contribution in [1.82, 2.24) is 0 Å². The quantitative estimate of drug-likeness (QED) is 0.793. The lowest BCUT2D eigenvalue weighted by Crippen LogP contribution is -1.99. The van der Waals surface area contributed by atoms with Gasteiger partial charge in [-0.25, -0.2) is 8.42 Å². The molecule has 1 aromatic heterocycles. The van der Waals surface area contributed by atoms with Crippen molar-refractivity contribution in [3.8, 4) is 0 Å². The monoisotopic (exact) mass is 272 g/mol. The van der Waals surface area contributed by atoms with Crippen LogP contribution in [0.2, 0.25) is 0 Å². The number of rotatable bonds is 3. The summed E-state index contributed by atoms with van der Waals surface area (Å²) >= 11 is 3.18. The molecule has 0 aliphatic rings. The van der Waals surface area contributed by atoms with Crippen LogP contribution in [0.25, 0.3) is 0 Å². The highest BCUT2D eigenvalue weighted by Crippen LogP contribution is 2.15. The predicted molar refractivity (Wildman–Crippen MR) is 49.8 cm³/mol. The maximum absolute atomic E-state index is 10.5. The molecule has 1 rings (SSSR count). The topological polar surface area (TPSA) is 47.3 Å². The zero-order chi connectivity index (χ0) is 9.19. The molecule has 0 atom stereocenters. The summed E-state index contributed by atoms with van der Waals surface area (Å²) in [7, 11) is 1.59. The van der Waals surface area contributed by atoms with Crippen molar-refractivity contribution in [2.45, 2.75) is 6.42 Å². The van der Waals surface area contributed by atoms with Gasteiger partial charge in [0, 0.05) is 17.1 Å².